The monoisotopic (exact) mass is 568 g/mol. The third-order valence-corrected chi connectivity index (χ3v) is 7.97. The zero-order chi connectivity index (χ0) is 29.9. The quantitative estimate of drug-likeness (QED) is 0.299. The minimum absolute atomic E-state index is 0.0970. The van der Waals surface area contributed by atoms with E-state index in [1.807, 2.05) is 31.2 Å². The summed E-state index contributed by atoms with van der Waals surface area (Å²) in [5.74, 6) is -0.516. The van der Waals surface area contributed by atoms with Gasteiger partial charge in [0.2, 0.25) is 11.8 Å². The molecule has 0 aliphatic heterocycles. The van der Waals surface area contributed by atoms with Crippen molar-refractivity contribution in [2.75, 3.05) is 13.6 Å². The smallest absolute Gasteiger partial charge is 0.268 e. The van der Waals surface area contributed by atoms with Crippen molar-refractivity contribution in [3.63, 3.8) is 0 Å². The summed E-state index contributed by atoms with van der Waals surface area (Å²) in [7, 11) is 1.59. The molecule has 2 aliphatic rings. The van der Waals surface area contributed by atoms with Crippen LogP contribution in [0.3, 0.4) is 0 Å². The Kier molecular flexibility index (Phi) is 12.3. The Labute approximate surface area is 243 Å². The molecule has 224 valence electrons. The maximum atomic E-state index is 13.6. The number of rotatable bonds is 15. The Bertz CT molecular complexity index is 1160. The molecule has 1 aromatic carbocycles. The number of ether oxygens (including phenoxy) is 1. The molecule has 1 fully saturated rings. The van der Waals surface area contributed by atoms with Gasteiger partial charge in [0.15, 0.2) is 0 Å². The van der Waals surface area contributed by atoms with E-state index >= 15 is 0 Å². The summed E-state index contributed by atoms with van der Waals surface area (Å²) in [4.78, 5) is 45.0. The normalized spacial score (nSPS) is 18.1. The number of aryl methyl sites for hydroxylation is 1. The van der Waals surface area contributed by atoms with Crippen molar-refractivity contribution in [2.24, 2.45) is 22.6 Å². The molecule has 8 nitrogen and oxygen atoms in total. The molecule has 0 aromatic heterocycles. The van der Waals surface area contributed by atoms with Crippen molar-refractivity contribution in [2.45, 2.75) is 90.3 Å². The largest absolute Gasteiger partial charge is 0.490 e. The second kappa shape index (κ2) is 15.6. The summed E-state index contributed by atoms with van der Waals surface area (Å²) in [6.45, 7) is 5.97. The van der Waals surface area contributed by atoms with Crippen molar-refractivity contribution < 1.29 is 23.5 Å². The average molecular weight is 569 g/mol. The number of nitrogens with zero attached hydrogens (tertiary/aromatic N) is 2. The van der Waals surface area contributed by atoms with E-state index in [9.17, 15) is 18.8 Å². The molecule has 4 atom stereocenters. The molecule has 3 rings (SSSR count). The maximum Gasteiger partial charge on any atom is 0.268 e. The molecule has 1 aromatic rings. The van der Waals surface area contributed by atoms with Crippen LogP contribution in [0.15, 0.2) is 52.8 Å². The lowest BCUT2D eigenvalue weighted by molar-refractivity contribution is -0.142. The van der Waals surface area contributed by atoms with E-state index < -0.39 is 23.9 Å². The summed E-state index contributed by atoms with van der Waals surface area (Å²) in [5.41, 5.74) is 7.72. The number of halogens is 1. The highest BCUT2D eigenvalue weighted by molar-refractivity contribution is 5.95. The van der Waals surface area contributed by atoms with Crippen molar-refractivity contribution in [1.29, 1.82) is 0 Å². The predicted molar refractivity (Wildman–Crippen MR) is 159 cm³/mol. The van der Waals surface area contributed by atoms with Crippen LogP contribution in [0.2, 0.25) is 0 Å². The number of allylic oxidation sites excluding steroid dienone is 3. The third-order valence-electron chi connectivity index (χ3n) is 7.97. The Morgan fingerprint density at radius 3 is 2.56 bits per heavy atom. The number of benzene rings is 1. The number of nitrogens with one attached hydrogen (secondary N) is 1. The zero-order valence-corrected chi connectivity index (χ0v) is 24.8. The van der Waals surface area contributed by atoms with Crippen LogP contribution in [0.5, 0.6) is 5.75 Å². The second-order valence-electron chi connectivity index (χ2n) is 11.1. The van der Waals surface area contributed by atoms with Gasteiger partial charge in [-0.15, -0.1) is 0 Å². The van der Waals surface area contributed by atoms with Crippen molar-refractivity contribution >= 4 is 23.9 Å². The average Bonchev–Trinajstić information content (AvgIpc) is 3.81. The molecule has 3 amide bonds. The summed E-state index contributed by atoms with van der Waals surface area (Å²) in [5, 5.41) is 2.81. The molecule has 0 spiro atoms. The van der Waals surface area contributed by atoms with Gasteiger partial charge in [-0.2, -0.15) is 0 Å². The Hall–Kier alpha value is -3.33. The first kappa shape index (κ1) is 32.2. The highest BCUT2D eigenvalue weighted by Gasteiger charge is 2.38. The SMILES string of the molecule is CC[C@H](C)Oc1ccccc1CCC=NC(=O)[C@@H](CC1=CC=C(F)CC1)NC(=O)[C@@H](C)N(C)C(=O)[C@@H](CN)C1CC1. The second-order valence-corrected chi connectivity index (χ2v) is 11.1. The lowest BCUT2D eigenvalue weighted by atomic mass is 9.96. The van der Waals surface area contributed by atoms with E-state index in [0.29, 0.717) is 19.3 Å². The van der Waals surface area contributed by atoms with Crippen molar-refractivity contribution in [3.8, 4) is 5.75 Å². The fourth-order valence-corrected chi connectivity index (χ4v) is 4.79. The fraction of sp³-hybridized carbons (Fsp3) is 0.562. The van der Waals surface area contributed by atoms with Crippen LogP contribution in [-0.4, -0.2) is 60.6 Å². The topological polar surface area (TPSA) is 114 Å². The van der Waals surface area contributed by atoms with Crippen LogP contribution in [0.25, 0.3) is 0 Å². The first-order chi connectivity index (χ1) is 19.6. The number of carbonyl (C=O) groups is 3. The maximum absolute atomic E-state index is 13.6. The summed E-state index contributed by atoms with van der Waals surface area (Å²) < 4.78 is 19.6. The summed E-state index contributed by atoms with van der Waals surface area (Å²) in [6, 6.07) is 6.09. The number of para-hydroxylation sites is 1. The number of hydrogen-bond donors (Lipinski definition) is 2. The molecular formula is C32H45FN4O4. The Balaban J connectivity index is 1.66. The van der Waals surface area contributed by atoms with Crippen molar-refractivity contribution in [1.82, 2.24) is 10.2 Å². The van der Waals surface area contributed by atoms with Crippen LogP contribution in [-0.2, 0) is 20.8 Å². The fourth-order valence-electron chi connectivity index (χ4n) is 4.79. The van der Waals surface area contributed by atoms with E-state index in [2.05, 4.69) is 17.2 Å². The van der Waals surface area contributed by atoms with Crippen LogP contribution in [0, 0.1) is 11.8 Å². The number of hydrogen-bond acceptors (Lipinski definition) is 5. The Morgan fingerprint density at radius 1 is 1.20 bits per heavy atom. The first-order valence-corrected chi connectivity index (χ1v) is 14.8. The van der Waals surface area contributed by atoms with Crippen LogP contribution in [0.4, 0.5) is 4.39 Å². The molecule has 0 saturated heterocycles. The van der Waals surface area contributed by atoms with Gasteiger partial charge >= 0.3 is 0 Å². The number of nitrogens with two attached hydrogens (primary N) is 1. The van der Waals surface area contributed by atoms with Gasteiger partial charge in [-0.25, -0.2) is 9.38 Å². The summed E-state index contributed by atoms with van der Waals surface area (Å²) in [6.07, 6.45) is 9.65. The lowest BCUT2D eigenvalue weighted by Gasteiger charge is -2.29. The van der Waals surface area contributed by atoms with E-state index in [4.69, 9.17) is 10.5 Å². The van der Waals surface area contributed by atoms with Crippen LogP contribution < -0.4 is 15.8 Å². The van der Waals surface area contributed by atoms with Gasteiger partial charge in [-0.05, 0) is 82.4 Å². The number of amides is 3. The molecule has 41 heavy (non-hydrogen) atoms. The van der Waals surface area contributed by atoms with Gasteiger partial charge < -0.3 is 20.7 Å². The molecule has 9 heteroatoms. The molecule has 2 aliphatic carbocycles. The van der Waals surface area contributed by atoms with Gasteiger partial charge in [-0.1, -0.05) is 36.8 Å². The highest BCUT2D eigenvalue weighted by Crippen LogP contribution is 2.37. The zero-order valence-electron chi connectivity index (χ0n) is 24.8. The van der Waals surface area contributed by atoms with E-state index in [-0.39, 0.29) is 49.1 Å². The lowest BCUT2D eigenvalue weighted by Crippen LogP contribution is -2.52. The number of aliphatic imine (C=N–C) groups is 1. The molecule has 0 heterocycles. The van der Waals surface area contributed by atoms with Gasteiger partial charge in [0, 0.05) is 26.2 Å². The molecular weight excluding hydrogens is 523 g/mol. The van der Waals surface area contributed by atoms with Crippen LogP contribution >= 0.6 is 0 Å². The van der Waals surface area contributed by atoms with Crippen LogP contribution in [0.1, 0.15) is 71.3 Å². The van der Waals surface area contributed by atoms with E-state index in [1.165, 1.54) is 11.0 Å². The van der Waals surface area contributed by atoms with Crippen molar-refractivity contribution in [3.05, 3.63) is 53.4 Å². The first-order valence-electron chi connectivity index (χ1n) is 14.8. The molecule has 1 saturated carbocycles. The van der Waals surface area contributed by atoms with E-state index in [1.54, 1.807) is 26.3 Å². The number of carbonyl (C=O) groups excluding carboxylic acids is 3. The molecule has 0 bridgehead atoms. The van der Waals surface area contributed by atoms with Gasteiger partial charge in [0.05, 0.1) is 12.0 Å². The standard InChI is InChI=1S/C32H45FN4O4/c1-5-21(2)41-29-11-7-6-9-25(29)10-8-18-35-31(39)28(19-23-12-16-26(33)17-13-23)36-30(38)22(3)37(4)32(40)27(20-34)24-14-15-24/h6-7,9,11-12,16,18,21-22,24,27-28H,5,8,10,13-15,17,19-20,34H2,1-4H3,(H,36,38)/t21-,22+,27-,28+/m0/s1. The third kappa shape index (κ3) is 9.63. The van der Waals surface area contributed by atoms with E-state index in [0.717, 1.165) is 36.1 Å². The summed E-state index contributed by atoms with van der Waals surface area (Å²) >= 11 is 0. The molecule has 3 N–H and O–H groups in total. The number of likely N-dealkylation sites (N-methyl/N-ethyl adjacent to an activating group) is 1. The predicted octanol–water partition coefficient (Wildman–Crippen LogP) is 4.67. The van der Waals surface area contributed by atoms with Gasteiger partial charge in [-0.3, -0.25) is 14.4 Å². The minimum atomic E-state index is -0.930. The Morgan fingerprint density at radius 2 is 1.93 bits per heavy atom. The van der Waals surface area contributed by atoms with Gasteiger partial charge in [0.1, 0.15) is 23.7 Å². The molecule has 0 radical (unpaired) electrons. The van der Waals surface area contributed by atoms with Gasteiger partial charge in [0.25, 0.3) is 5.91 Å². The highest BCUT2D eigenvalue weighted by atomic mass is 19.1. The molecule has 0 unspecified atom stereocenters. The minimum Gasteiger partial charge on any atom is -0.490 e.